The van der Waals surface area contributed by atoms with Crippen LogP contribution in [0.5, 0.6) is 0 Å². The molecule has 1 aliphatic heterocycles. The van der Waals surface area contributed by atoms with Crippen molar-refractivity contribution in [1.29, 1.82) is 0 Å². The zero-order chi connectivity index (χ0) is 11.0. The van der Waals surface area contributed by atoms with Crippen molar-refractivity contribution in [1.82, 2.24) is 4.31 Å². The van der Waals surface area contributed by atoms with Gasteiger partial charge in [0.25, 0.3) is 0 Å². The van der Waals surface area contributed by atoms with E-state index in [1.165, 1.54) is 4.31 Å². The summed E-state index contributed by atoms with van der Waals surface area (Å²) in [5.41, 5.74) is -0.914. The van der Waals surface area contributed by atoms with Gasteiger partial charge in [0.2, 0.25) is 10.0 Å². The summed E-state index contributed by atoms with van der Waals surface area (Å²) in [5.74, 6) is -0.894. The fourth-order valence-electron chi connectivity index (χ4n) is 1.51. The molecule has 0 saturated carbocycles. The lowest BCUT2D eigenvalue weighted by molar-refractivity contribution is -0.146. The van der Waals surface area contributed by atoms with Crippen molar-refractivity contribution in [3.63, 3.8) is 0 Å². The van der Waals surface area contributed by atoms with Crippen LogP contribution in [-0.2, 0) is 14.8 Å². The first-order valence-corrected chi connectivity index (χ1v) is 6.14. The lowest BCUT2D eigenvalue weighted by Gasteiger charge is -2.19. The third-order valence-electron chi connectivity index (χ3n) is 2.71. The zero-order valence-electron chi connectivity index (χ0n) is 8.36. The van der Waals surface area contributed by atoms with Gasteiger partial charge in [-0.2, -0.15) is 0 Å². The minimum Gasteiger partial charge on any atom is -0.481 e. The predicted octanol–water partition coefficient (Wildman–Crippen LogP) is 0.133. The average molecular weight is 221 g/mol. The number of aliphatic carboxylic acids is 1. The van der Waals surface area contributed by atoms with E-state index in [2.05, 4.69) is 0 Å². The number of carbonyl (C=O) groups is 1. The maximum Gasteiger partial charge on any atom is 0.310 e. The fourth-order valence-corrected chi connectivity index (χ4v) is 2.73. The molecule has 1 rings (SSSR count). The maximum atomic E-state index is 11.4. The molecule has 5 nitrogen and oxygen atoms in total. The fraction of sp³-hybridized carbons (Fsp3) is 0.875. The second-order valence-electron chi connectivity index (χ2n) is 3.85. The van der Waals surface area contributed by atoms with Gasteiger partial charge in [-0.15, -0.1) is 0 Å². The Hall–Kier alpha value is -0.620. The van der Waals surface area contributed by atoms with E-state index < -0.39 is 21.4 Å². The van der Waals surface area contributed by atoms with Crippen molar-refractivity contribution in [2.24, 2.45) is 5.41 Å². The van der Waals surface area contributed by atoms with Gasteiger partial charge in [0.1, 0.15) is 0 Å². The molecule has 1 atom stereocenters. The van der Waals surface area contributed by atoms with E-state index in [1.54, 1.807) is 13.8 Å². The Balaban J connectivity index is 2.81. The van der Waals surface area contributed by atoms with Gasteiger partial charge in [-0.3, -0.25) is 4.79 Å². The van der Waals surface area contributed by atoms with Crippen molar-refractivity contribution >= 4 is 16.0 Å². The molecule has 0 aromatic heterocycles. The summed E-state index contributed by atoms with van der Waals surface area (Å²) < 4.78 is 24.2. The molecular formula is C8H15NO4S. The number of carboxylic acids is 1. The first-order valence-electron chi connectivity index (χ1n) is 4.53. The van der Waals surface area contributed by atoms with Crippen molar-refractivity contribution in [3.05, 3.63) is 0 Å². The van der Waals surface area contributed by atoms with E-state index in [0.29, 0.717) is 13.0 Å². The Morgan fingerprint density at radius 3 is 2.50 bits per heavy atom. The molecule has 0 bridgehead atoms. The molecule has 0 aromatic carbocycles. The van der Waals surface area contributed by atoms with Gasteiger partial charge in [0.15, 0.2) is 0 Å². The summed E-state index contributed by atoms with van der Waals surface area (Å²) in [6.45, 7) is 3.56. The number of nitrogens with zero attached hydrogens (tertiary/aromatic N) is 1. The minimum atomic E-state index is -3.23. The van der Waals surface area contributed by atoms with Gasteiger partial charge in [-0.1, -0.05) is 0 Å². The van der Waals surface area contributed by atoms with Crippen LogP contribution in [0, 0.1) is 5.41 Å². The van der Waals surface area contributed by atoms with Crippen LogP contribution in [0.4, 0.5) is 0 Å². The summed E-state index contributed by atoms with van der Waals surface area (Å²) in [6, 6.07) is 0. The normalized spacial score (nSPS) is 29.3. The van der Waals surface area contributed by atoms with Gasteiger partial charge < -0.3 is 5.11 Å². The molecule has 0 spiro atoms. The average Bonchev–Trinajstić information content (AvgIpc) is 2.50. The first-order chi connectivity index (χ1) is 6.32. The van der Waals surface area contributed by atoms with Gasteiger partial charge in [-0.05, 0) is 20.3 Å². The Bertz CT molecular complexity index is 337. The van der Waals surface area contributed by atoms with Crippen molar-refractivity contribution in [2.75, 3.05) is 18.8 Å². The van der Waals surface area contributed by atoms with Crippen LogP contribution < -0.4 is 0 Å². The summed E-state index contributed by atoms with van der Waals surface area (Å²) in [6.07, 6.45) is 0.390. The monoisotopic (exact) mass is 221 g/mol. The molecule has 0 amide bonds. The molecular weight excluding hydrogens is 206 g/mol. The topological polar surface area (TPSA) is 74.7 Å². The minimum absolute atomic E-state index is 0.0305. The highest BCUT2D eigenvalue weighted by molar-refractivity contribution is 7.89. The highest BCUT2D eigenvalue weighted by Crippen LogP contribution is 2.31. The van der Waals surface area contributed by atoms with Crippen LogP contribution in [0.1, 0.15) is 20.3 Å². The van der Waals surface area contributed by atoms with E-state index in [1.807, 2.05) is 0 Å². The Morgan fingerprint density at radius 2 is 2.14 bits per heavy atom. The molecule has 6 heteroatoms. The molecule has 1 heterocycles. The third-order valence-corrected chi connectivity index (χ3v) is 4.54. The second-order valence-corrected chi connectivity index (χ2v) is 6.11. The molecule has 14 heavy (non-hydrogen) atoms. The lowest BCUT2D eigenvalue weighted by atomic mass is 9.90. The summed E-state index contributed by atoms with van der Waals surface area (Å²) in [4.78, 5) is 10.9. The van der Waals surface area contributed by atoms with Crippen LogP contribution in [0.25, 0.3) is 0 Å². The molecule has 1 unspecified atom stereocenters. The third kappa shape index (κ3) is 1.90. The van der Waals surface area contributed by atoms with Crippen molar-refractivity contribution < 1.29 is 18.3 Å². The summed E-state index contributed by atoms with van der Waals surface area (Å²) >= 11 is 0. The number of hydrogen-bond acceptors (Lipinski definition) is 3. The smallest absolute Gasteiger partial charge is 0.310 e. The molecule has 82 valence electrons. The molecule has 1 fully saturated rings. The van der Waals surface area contributed by atoms with Gasteiger partial charge >= 0.3 is 5.97 Å². The van der Waals surface area contributed by atoms with E-state index in [4.69, 9.17) is 5.11 Å². The molecule has 1 N–H and O–H groups in total. The largest absolute Gasteiger partial charge is 0.481 e. The number of carboxylic acid groups (broad SMARTS) is 1. The highest BCUT2D eigenvalue weighted by Gasteiger charge is 2.43. The molecule has 0 aromatic rings. The molecule has 1 aliphatic rings. The van der Waals surface area contributed by atoms with Crippen molar-refractivity contribution in [3.8, 4) is 0 Å². The SMILES string of the molecule is CCS(=O)(=O)N1CCC(C)(C(=O)O)C1. The number of hydrogen-bond donors (Lipinski definition) is 1. The van der Waals surface area contributed by atoms with Crippen LogP contribution >= 0.6 is 0 Å². The van der Waals surface area contributed by atoms with Crippen LogP contribution in [0.2, 0.25) is 0 Å². The summed E-state index contributed by atoms with van der Waals surface area (Å²) in [5, 5.41) is 8.91. The number of rotatable bonds is 3. The lowest BCUT2D eigenvalue weighted by Crippen LogP contribution is -2.35. The maximum absolute atomic E-state index is 11.4. The Morgan fingerprint density at radius 1 is 1.57 bits per heavy atom. The van der Waals surface area contributed by atoms with E-state index in [-0.39, 0.29) is 12.3 Å². The Kier molecular flexibility index (Phi) is 2.87. The van der Waals surface area contributed by atoms with Crippen molar-refractivity contribution in [2.45, 2.75) is 20.3 Å². The molecule has 0 aliphatic carbocycles. The number of sulfonamides is 1. The first kappa shape index (κ1) is 11.5. The van der Waals surface area contributed by atoms with Crippen LogP contribution in [0.15, 0.2) is 0 Å². The Labute approximate surface area is 83.8 Å². The van der Waals surface area contributed by atoms with E-state index >= 15 is 0 Å². The van der Waals surface area contributed by atoms with Gasteiger partial charge in [0, 0.05) is 13.1 Å². The van der Waals surface area contributed by atoms with Crippen LogP contribution in [-0.4, -0.2) is 42.6 Å². The van der Waals surface area contributed by atoms with Crippen LogP contribution in [0.3, 0.4) is 0 Å². The highest BCUT2D eigenvalue weighted by atomic mass is 32.2. The van der Waals surface area contributed by atoms with Gasteiger partial charge in [-0.25, -0.2) is 12.7 Å². The predicted molar refractivity (Wildman–Crippen MR) is 51.4 cm³/mol. The summed E-state index contributed by atoms with van der Waals surface area (Å²) in [7, 11) is -3.23. The molecule has 1 saturated heterocycles. The second kappa shape index (κ2) is 3.51. The molecule has 0 radical (unpaired) electrons. The van der Waals surface area contributed by atoms with Gasteiger partial charge in [0.05, 0.1) is 11.2 Å². The quantitative estimate of drug-likeness (QED) is 0.735. The standard InChI is InChI=1S/C8H15NO4S/c1-3-14(12,13)9-5-4-8(2,6-9)7(10)11/h3-6H2,1-2H3,(H,10,11). The van der Waals surface area contributed by atoms with E-state index in [0.717, 1.165) is 0 Å². The van der Waals surface area contributed by atoms with E-state index in [9.17, 15) is 13.2 Å². The zero-order valence-corrected chi connectivity index (χ0v) is 9.17.